The van der Waals surface area contributed by atoms with Gasteiger partial charge >= 0.3 is 0 Å². The van der Waals surface area contributed by atoms with Crippen molar-refractivity contribution in [2.45, 2.75) is 13.3 Å². The first-order valence-corrected chi connectivity index (χ1v) is 7.85. The normalized spacial score (nSPS) is 9.96. The number of rotatable bonds is 7. The summed E-state index contributed by atoms with van der Waals surface area (Å²) in [7, 11) is 2.99. The zero-order chi connectivity index (χ0) is 19.1. The van der Waals surface area contributed by atoms with E-state index in [2.05, 4.69) is 10.6 Å². The molecule has 2 N–H and O–H groups in total. The molecule has 0 radical (unpaired) electrons. The Kier molecular flexibility index (Phi) is 6.32. The number of carbonyl (C=O) groups is 3. The molecule has 2 amide bonds. The van der Waals surface area contributed by atoms with E-state index in [1.54, 1.807) is 42.5 Å². The van der Waals surface area contributed by atoms with Gasteiger partial charge in [-0.05, 0) is 31.2 Å². The summed E-state index contributed by atoms with van der Waals surface area (Å²) in [4.78, 5) is 35.6. The Labute approximate surface area is 151 Å². The summed E-state index contributed by atoms with van der Waals surface area (Å²) in [6, 6.07) is 11.5. The summed E-state index contributed by atoms with van der Waals surface area (Å²) in [6.45, 7) is 1.44. The molecule has 0 spiro atoms. The van der Waals surface area contributed by atoms with Crippen molar-refractivity contribution in [1.82, 2.24) is 0 Å². The van der Waals surface area contributed by atoms with E-state index >= 15 is 0 Å². The molecule has 0 aliphatic rings. The quantitative estimate of drug-likeness (QED) is 0.588. The molecule has 0 aliphatic heterocycles. The van der Waals surface area contributed by atoms with Crippen LogP contribution in [0, 0.1) is 0 Å². The van der Waals surface area contributed by atoms with E-state index in [0.29, 0.717) is 28.4 Å². The molecule has 0 fully saturated rings. The van der Waals surface area contributed by atoms with E-state index in [-0.39, 0.29) is 12.2 Å². The molecule has 7 nitrogen and oxygen atoms in total. The second-order valence-electron chi connectivity index (χ2n) is 5.48. The number of amides is 2. The van der Waals surface area contributed by atoms with Gasteiger partial charge in [0, 0.05) is 17.3 Å². The highest BCUT2D eigenvalue weighted by Crippen LogP contribution is 2.28. The van der Waals surface area contributed by atoms with Crippen molar-refractivity contribution < 1.29 is 23.9 Å². The number of nitrogens with one attached hydrogen (secondary N) is 2. The molecule has 2 aromatic carbocycles. The lowest BCUT2D eigenvalue weighted by Crippen LogP contribution is -2.21. The predicted octanol–water partition coefficient (Wildman–Crippen LogP) is 2.87. The van der Waals surface area contributed by atoms with Gasteiger partial charge < -0.3 is 20.1 Å². The van der Waals surface area contributed by atoms with Crippen molar-refractivity contribution in [3.63, 3.8) is 0 Å². The molecule has 2 aromatic rings. The number of hydrogen-bond acceptors (Lipinski definition) is 5. The SMILES string of the molecule is COc1ccc(OC)c(NC(=O)CC(=O)Nc2cccc(C(C)=O)c2)c1. The van der Waals surface area contributed by atoms with Gasteiger partial charge in [0.2, 0.25) is 11.8 Å². The molecule has 0 aromatic heterocycles. The number of methoxy groups -OCH3 is 2. The Bertz CT molecular complexity index is 832. The number of benzene rings is 2. The maximum Gasteiger partial charge on any atom is 0.233 e. The largest absolute Gasteiger partial charge is 0.497 e. The lowest BCUT2D eigenvalue weighted by molar-refractivity contribution is -0.123. The van der Waals surface area contributed by atoms with Gasteiger partial charge in [0.1, 0.15) is 17.9 Å². The molecule has 0 unspecified atom stereocenters. The zero-order valence-corrected chi connectivity index (χ0v) is 14.8. The Morgan fingerprint density at radius 2 is 1.65 bits per heavy atom. The van der Waals surface area contributed by atoms with Crippen LogP contribution < -0.4 is 20.1 Å². The smallest absolute Gasteiger partial charge is 0.233 e. The van der Waals surface area contributed by atoms with Crippen LogP contribution in [0.15, 0.2) is 42.5 Å². The molecule has 136 valence electrons. The lowest BCUT2D eigenvalue weighted by Gasteiger charge is -2.12. The van der Waals surface area contributed by atoms with E-state index in [4.69, 9.17) is 9.47 Å². The van der Waals surface area contributed by atoms with Crippen molar-refractivity contribution >= 4 is 29.0 Å². The molecule has 26 heavy (non-hydrogen) atoms. The Morgan fingerprint density at radius 3 is 2.31 bits per heavy atom. The van der Waals surface area contributed by atoms with Gasteiger partial charge in [-0.15, -0.1) is 0 Å². The number of ether oxygens (including phenoxy) is 2. The van der Waals surface area contributed by atoms with E-state index in [1.165, 1.54) is 21.1 Å². The van der Waals surface area contributed by atoms with Gasteiger partial charge in [0.15, 0.2) is 5.78 Å². The number of carbonyl (C=O) groups excluding carboxylic acids is 3. The molecule has 0 saturated heterocycles. The summed E-state index contributed by atoms with van der Waals surface area (Å²) in [6.07, 6.45) is -0.384. The van der Waals surface area contributed by atoms with Gasteiger partial charge in [-0.1, -0.05) is 12.1 Å². The van der Waals surface area contributed by atoms with Crippen LogP contribution in [0.5, 0.6) is 11.5 Å². The van der Waals surface area contributed by atoms with Crippen LogP contribution in [0.4, 0.5) is 11.4 Å². The van der Waals surface area contributed by atoms with Gasteiger partial charge in [-0.2, -0.15) is 0 Å². The monoisotopic (exact) mass is 356 g/mol. The van der Waals surface area contributed by atoms with Crippen LogP contribution in [0.1, 0.15) is 23.7 Å². The van der Waals surface area contributed by atoms with E-state index < -0.39 is 11.8 Å². The van der Waals surface area contributed by atoms with E-state index in [0.717, 1.165) is 0 Å². The number of Topliss-reactive ketones (excluding diaryl/α,β-unsaturated/α-hetero) is 1. The van der Waals surface area contributed by atoms with Crippen LogP contribution >= 0.6 is 0 Å². The average Bonchev–Trinajstić information content (AvgIpc) is 2.61. The third-order valence-corrected chi connectivity index (χ3v) is 3.55. The maximum absolute atomic E-state index is 12.1. The Balaban J connectivity index is 2.00. The second-order valence-corrected chi connectivity index (χ2v) is 5.48. The number of anilines is 2. The van der Waals surface area contributed by atoms with Crippen molar-refractivity contribution in [2.75, 3.05) is 24.9 Å². The van der Waals surface area contributed by atoms with Crippen molar-refractivity contribution in [1.29, 1.82) is 0 Å². The Morgan fingerprint density at radius 1 is 0.923 bits per heavy atom. The molecule has 7 heteroatoms. The van der Waals surface area contributed by atoms with Gasteiger partial charge in [-0.25, -0.2) is 0 Å². The highest BCUT2D eigenvalue weighted by Gasteiger charge is 2.13. The summed E-state index contributed by atoms with van der Waals surface area (Å²) < 4.78 is 10.3. The third-order valence-electron chi connectivity index (χ3n) is 3.55. The minimum absolute atomic E-state index is 0.107. The van der Waals surface area contributed by atoms with Crippen LogP contribution in [0.3, 0.4) is 0 Å². The number of hydrogen-bond donors (Lipinski definition) is 2. The zero-order valence-electron chi connectivity index (χ0n) is 14.8. The lowest BCUT2D eigenvalue weighted by atomic mass is 10.1. The topological polar surface area (TPSA) is 93.7 Å². The fourth-order valence-corrected chi connectivity index (χ4v) is 2.27. The first-order valence-electron chi connectivity index (χ1n) is 7.85. The maximum atomic E-state index is 12.1. The standard InChI is InChI=1S/C19H20N2O5/c1-12(22)13-5-4-6-14(9-13)20-18(23)11-19(24)21-16-10-15(25-2)7-8-17(16)26-3/h4-10H,11H2,1-3H3,(H,20,23)(H,21,24). The Hall–Kier alpha value is -3.35. The summed E-state index contributed by atoms with van der Waals surface area (Å²) in [5.41, 5.74) is 1.34. The number of ketones is 1. The second kappa shape index (κ2) is 8.66. The van der Waals surface area contributed by atoms with Crippen LogP contribution in [0.2, 0.25) is 0 Å². The molecule has 2 rings (SSSR count). The predicted molar refractivity (Wildman–Crippen MR) is 97.9 cm³/mol. The molecule has 0 aliphatic carbocycles. The van der Waals surface area contributed by atoms with Crippen molar-refractivity contribution in [2.24, 2.45) is 0 Å². The molecular weight excluding hydrogens is 336 g/mol. The summed E-state index contributed by atoms with van der Waals surface area (Å²) >= 11 is 0. The van der Waals surface area contributed by atoms with Crippen LogP contribution in [0.25, 0.3) is 0 Å². The fraction of sp³-hybridized carbons (Fsp3) is 0.211. The third kappa shape index (κ3) is 5.07. The van der Waals surface area contributed by atoms with Crippen LogP contribution in [-0.4, -0.2) is 31.8 Å². The van der Waals surface area contributed by atoms with Gasteiger partial charge in [0.25, 0.3) is 0 Å². The van der Waals surface area contributed by atoms with Crippen molar-refractivity contribution in [3.05, 3.63) is 48.0 Å². The highest BCUT2D eigenvalue weighted by molar-refractivity contribution is 6.08. The first kappa shape index (κ1) is 19.0. The van der Waals surface area contributed by atoms with E-state index in [9.17, 15) is 14.4 Å². The van der Waals surface area contributed by atoms with Gasteiger partial charge in [0.05, 0.1) is 19.9 Å². The van der Waals surface area contributed by atoms with Crippen molar-refractivity contribution in [3.8, 4) is 11.5 Å². The summed E-state index contributed by atoms with van der Waals surface area (Å²) in [5, 5.41) is 5.22. The highest BCUT2D eigenvalue weighted by atomic mass is 16.5. The first-order chi connectivity index (χ1) is 12.4. The van der Waals surface area contributed by atoms with E-state index in [1.807, 2.05) is 0 Å². The molecular formula is C19H20N2O5. The minimum Gasteiger partial charge on any atom is -0.497 e. The molecule has 0 heterocycles. The molecule has 0 saturated carbocycles. The fourth-order valence-electron chi connectivity index (χ4n) is 2.27. The minimum atomic E-state index is -0.503. The molecule has 0 atom stereocenters. The van der Waals surface area contributed by atoms with Gasteiger partial charge in [-0.3, -0.25) is 14.4 Å². The summed E-state index contributed by atoms with van der Waals surface area (Å²) in [5.74, 6) is -0.105. The molecule has 0 bridgehead atoms. The van der Waals surface area contributed by atoms with Crippen LogP contribution in [-0.2, 0) is 9.59 Å². The average molecular weight is 356 g/mol.